The molecule has 2 aromatic heterocycles. The molecule has 1 unspecified atom stereocenters. The number of esters is 1. The quantitative estimate of drug-likeness (QED) is 0.630. The normalized spacial score (nSPS) is 19.4. The van der Waals surface area contributed by atoms with Crippen molar-refractivity contribution >= 4 is 33.4 Å². The Morgan fingerprint density at radius 2 is 2.00 bits per heavy atom. The summed E-state index contributed by atoms with van der Waals surface area (Å²) in [6.45, 7) is 5.12. The number of piperazine rings is 1. The number of thiophene rings is 1. The lowest BCUT2D eigenvalue weighted by Crippen LogP contribution is -2.54. The summed E-state index contributed by atoms with van der Waals surface area (Å²) in [5.41, 5.74) is 1.17. The molecule has 9 heteroatoms. The number of fused-ring (bicyclic) bond motifs is 3. The van der Waals surface area contributed by atoms with Gasteiger partial charge < -0.3 is 9.64 Å². The van der Waals surface area contributed by atoms with Crippen molar-refractivity contribution in [3.05, 3.63) is 27.1 Å². The molecule has 0 saturated carbocycles. The smallest absolute Gasteiger partial charge is 0.306 e. The minimum absolute atomic E-state index is 0.0159. The molecule has 4 rings (SSSR count). The zero-order valence-corrected chi connectivity index (χ0v) is 19.1. The Bertz CT molecular complexity index is 1030. The SMILES string of the molecule is COC(=O)CCN1CCN(C(=O)CCn2cnc3sc4c(c3c2=O)CCCC4)C(C)C1. The molecule has 3 heterocycles. The third kappa shape index (κ3) is 4.67. The van der Waals surface area contributed by atoms with E-state index in [0.29, 0.717) is 26.1 Å². The van der Waals surface area contributed by atoms with Crippen molar-refractivity contribution in [1.29, 1.82) is 0 Å². The Labute approximate surface area is 185 Å². The maximum Gasteiger partial charge on any atom is 0.306 e. The van der Waals surface area contributed by atoms with E-state index in [1.54, 1.807) is 22.2 Å². The number of hydrogen-bond donors (Lipinski definition) is 0. The highest BCUT2D eigenvalue weighted by Crippen LogP contribution is 2.33. The van der Waals surface area contributed by atoms with E-state index in [4.69, 9.17) is 4.74 Å². The lowest BCUT2D eigenvalue weighted by Gasteiger charge is -2.40. The fraction of sp³-hybridized carbons (Fsp3) is 0.636. The van der Waals surface area contributed by atoms with Gasteiger partial charge in [0.1, 0.15) is 4.83 Å². The van der Waals surface area contributed by atoms with Crippen LogP contribution >= 0.6 is 11.3 Å². The molecule has 0 radical (unpaired) electrons. The zero-order valence-electron chi connectivity index (χ0n) is 18.3. The van der Waals surface area contributed by atoms with E-state index in [0.717, 1.165) is 42.6 Å². The maximum atomic E-state index is 13.1. The van der Waals surface area contributed by atoms with Crippen LogP contribution in [0.15, 0.2) is 11.1 Å². The molecule has 1 aliphatic carbocycles. The van der Waals surface area contributed by atoms with Crippen molar-refractivity contribution in [2.75, 3.05) is 33.3 Å². The van der Waals surface area contributed by atoms with Crippen molar-refractivity contribution in [2.45, 2.75) is 58.0 Å². The van der Waals surface area contributed by atoms with Crippen molar-refractivity contribution in [1.82, 2.24) is 19.4 Å². The Balaban J connectivity index is 1.37. The molecule has 0 bridgehead atoms. The summed E-state index contributed by atoms with van der Waals surface area (Å²) in [5.74, 6) is -0.159. The van der Waals surface area contributed by atoms with Crippen LogP contribution in [0.1, 0.15) is 43.0 Å². The van der Waals surface area contributed by atoms with E-state index >= 15 is 0 Å². The highest BCUT2D eigenvalue weighted by atomic mass is 32.1. The number of amides is 1. The molecule has 0 N–H and O–H groups in total. The summed E-state index contributed by atoms with van der Waals surface area (Å²) < 4.78 is 6.30. The average molecular weight is 447 g/mol. The molecule has 2 aromatic rings. The number of aryl methyl sites for hydroxylation is 3. The Morgan fingerprint density at radius 3 is 2.77 bits per heavy atom. The molecule has 168 valence electrons. The molecule has 1 aliphatic heterocycles. The van der Waals surface area contributed by atoms with Gasteiger partial charge in [-0.25, -0.2) is 4.98 Å². The van der Waals surface area contributed by atoms with Gasteiger partial charge >= 0.3 is 5.97 Å². The van der Waals surface area contributed by atoms with Crippen molar-refractivity contribution in [3.8, 4) is 0 Å². The van der Waals surface area contributed by atoms with Gasteiger partial charge in [-0.2, -0.15) is 0 Å². The fourth-order valence-corrected chi connectivity index (χ4v) is 5.88. The van der Waals surface area contributed by atoms with Gasteiger partial charge in [0.2, 0.25) is 5.91 Å². The summed E-state index contributed by atoms with van der Waals surface area (Å²) in [6.07, 6.45) is 6.53. The van der Waals surface area contributed by atoms with E-state index in [-0.39, 0.29) is 29.9 Å². The van der Waals surface area contributed by atoms with E-state index in [9.17, 15) is 14.4 Å². The van der Waals surface area contributed by atoms with Gasteiger partial charge in [0, 0.05) is 50.1 Å². The van der Waals surface area contributed by atoms with E-state index in [1.807, 2.05) is 11.8 Å². The predicted molar refractivity (Wildman–Crippen MR) is 119 cm³/mol. The van der Waals surface area contributed by atoms with E-state index in [2.05, 4.69) is 9.88 Å². The molecule has 2 aliphatic rings. The minimum Gasteiger partial charge on any atom is -0.469 e. The molecular weight excluding hydrogens is 416 g/mol. The van der Waals surface area contributed by atoms with Crippen LogP contribution in [0.2, 0.25) is 0 Å². The minimum atomic E-state index is -0.214. The molecule has 0 aromatic carbocycles. The summed E-state index contributed by atoms with van der Waals surface area (Å²) in [7, 11) is 1.40. The van der Waals surface area contributed by atoms with Crippen LogP contribution < -0.4 is 5.56 Å². The van der Waals surface area contributed by atoms with Crippen LogP contribution in [0.5, 0.6) is 0 Å². The van der Waals surface area contributed by atoms with Gasteiger partial charge in [-0.15, -0.1) is 11.3 Å². The first-order valence-electron chi connectivity index (χ1n) is 11.1. The van der Waals surface area contributed by atoms with Crippen LogP contribution in [0.4, 0.5) is 0 Å². The molecule has 31 heavy (non-hydrogen) atoms. The Kier molecular flexibility index (Phi) is 6.71. The van der Waals surface area contributed by atoms with Crippen LogP contribution in [-0.4, -0.2) is 70.6 Å². The molecular formula is C22H30N4O4S. The second-order valence-electron chi connectivity index (χ2n) is 8.45. The van der Waals surface area contributed by atoms with Gasteiger partial charge in [0.25, 0.3) is 5.56 Å². The number of rotatable bonds is 6. The third-order valence-electron chi connectivity index (χ3n) is 6.40. The first-order valence-corrected chi connectivity index (χ1v) is 11.9. The molecule has 8 nitrogen and oxygen atoms in total. The topological polar surface area (TPSA) is 84.7 Å². The van der Waals surface area contributed by atoms with Crippen LogP contribution in [0.25, 0.3) is 10.2 Å². The average Bonchev–Trinajstić information content (AvgIpc) is 3.16. The number of carbonyl (C=O) groups excluding carboxylic acids is 2. The van der Waals surface area contributed by atoms with Gasteiger partial charge in [-0.3, -0.25) is 23.9 Å². The third-order valence-corrected chi connectivity index (χ3v) is 7.60. The largest absolute Gasteiger partial charge is 0.469 e. The standard InChI is InChI=1S/C22H30N4O4S/c1-15-13-24(9-8-19(28)30-2)11-12-26(15)18(27)7-10-25-14-23-21-20(22(25)29)16-5-3-4-6-17(16)31-21/h14-15H,3-13H2,1-2H3. The number of methoxy groups -OCH3 is 1. The molecule has 1 saturated heterocycles. The van der Waals surface area contributed by atoms with Gasteiger partial charge in [-0.05, 0) is 38.2 Å². The lowest BCUT2D eigenvalue weighted by molar-refractivity contribution is -0.142. The van der Waals surface area contributed by atoms with Crippen LogP contribution in [0.3, 0.4) is 0 Å². The van der Waals surface area contributed by atoms with Gasteiger partial charge in [-0.1, -0.05) is 0 Å². The first kappa shape index (κ1) is 22.0. The van der Waals surface area contributed by atoms with Gasteiger partial charge in [0.05, 0.1) is 25.2 Å². The number of ether oxygens (including phenoxy) is 1. The highest BCUT2D eigenvalue weighted by Gasteiger charge is 2.27. The van der Waals surface area contributed by atoms with Crippen molar-refractivity contribution in [2.24, 2.45) is 0 Å². The first-order chi connectivity index (χ1) is 15.0. The molecule has 0 spiro atoms. The van der Waals surface area contributed by atoms with Crippen LogP contribution in [-0.2, 0) is 33.7 Å². The molecule has 1 atom stereocenters. The van der Waals surface area contributed by atoms with Crippen molar-refractivity contribution in [3.63, 3.8) is 0 Å². The Morgan fingerprint density at radius 1 is 1.19 bits per heavy atom. The number of carbonyl (C=O) groups is 2. The monoisotopic (exact) mass is 446 g/mol. The predicted octanol–water partition coefficient (Wildman–Crippen LogP) is 1.82. The number of hydrogen-bond acceptors (Lipinski definition) is 7. The Hall–Kier alpha value is -2.26. The lowest BCUT2D eigenvalue weighted by atomic mass is 9.97. The zero-order chi connectivity index (χ0) is 22.0. The second kappa shape index (κ2) is 9.48. The summed E-state index contributed by atoms with van der Waals surface area (Å²) in [4.78, 5) is 48.0. The number of nitrogens with zero attached hydrogens (tertiary/aromatic N) is 4. The van der Waals surface area contributed by atoms with E-state index in [1.165, 1.54) is 24.0 Å². The summed E-state index contributed by atoms with van der Waals surface area (Å²) in [6, 6.07) is 0.0696. The molecule has 1 amide bonds. The fourth-order valence-electron chi connectivity index (χ4n) is 4.66. The van der Waals surface area contributed by atoms with Crippen LogP contribution in [0, 0.1) is 0 Å². The van der Waals surface area contributed by atoms with Crippen molar-refractivity contribution < 1.29 is 14.3 Å². The van der Waals surface area contributed by atoms with E-state index < -0.39 is 0 Å². The number of aromatic nitrogens is 2. The summed E-state index contributed by atoms with van der Waals surface area (Å²) >= 11 is 1.64. The van der Waals surface area contributed by atoms with Gasteiger partial charge in [0.15, 0.2) is 0 Å². The maximum absolute atomic E-state index is 13.1. The second-order valence-corrected chi connectivity index (χ2v) is 9.53. The highest BCUT2D eigenvalue weighted by molar-refractivity contribution is 7.18. The molecule has 1 fully saturated rings. The summed E-state index contributed by atoms with van der Waals surface area (Å²) in [5, 5.41) is 0.766.